The van der Waals surface area contributed by atoms with Gasteiger partial charge in [-0.05, 0) is 81.0 Å². The Labute approximate surface area is 209 Å². The Balaban J connectivity index is 1.89. The van der Waals surface area contributed by atoms with Gasteiger partial charge in [0.1, 0.15) is 18.0 Å². The molecule has 33 heavy (non-hydrogen) atoms. The number of anilines is 1. The highest BCUT2D eigenvalue weighted by atomic mass is 79.9. The minimum Gasteiger partial charge on any atom is -0.508 e. The van der Waals surface area contributed by atoms with Gasteiger partial charge in [0.2, 0.25) is 0 Å². The second-order valence-corrected chi connectivity index (χ2v) is 9.91. The Morgan fingerprint density at radius 2 is 1.76 bits per heavy atom. The zero-order chi connectivity index (χ0) is 24.3. The van der Waals surface area contributed by atoms with E-state index in [0.717, 1.165) is 5.56 Å². The summed E-state index contributed by atoms with van der Waals surface area (Å²) in [4.78, 5) is 27.3. The van der Waals surface area contributed by atoms with Crippen LogP contribution in [0.3, 0.4) is 0 Å². The van der Waals surface area contributed by atoms with E-state index in [1.807, 2.05) is 13.8 Å². The van der Waals surface area contributed by atoms with Crippen molar-refractivity contribution in [3.63, 3.8) is 0 Å². The molecule has 1 fully saturated rings. The number of phenols is 1. The number of carboxylic acids is 1. The maximum Gasteiger partial charge on any atom is 0.325 e. The number of halogens is 2. The lowest BCUT2D eigenvalue weighted by Crippen LogP contribution is -2.49. The maximum atomic E-state index is 13.1. The standard InChI is InChI=1S/C23H26Br2N2O6/c1-13(2)17-11-16(3-4-20(17)29)33-22-18(24)9-14(10-19(22)25)27(12-21(30)31)23(32)26-7-5-15(28)6-8-26/h3-4,9-11,13,15,28-29H,5-8,12H2,1-2H3,(H,30,31). The fourth-order valence-corrected chi connectivity index (χ4v) is 4.93. The van der Waals surface area contributed by atoms with E-state index in [2.05, 4.69) is 31.9 Å². The molecule has 2 aromatic carbocycles. The van der Waals surface area contributed by atoms with Crippen molar-refractivity contribution in [3.8, 4) is 17.2 Å². The van der Waals surface area contributed by atoms with Gasteiger partial charge in [0, 0.05) is 24.3 Å². The number of hydrogen-bond donors (Lipinski definition) is 3. The van der Waals surface area contributed by atoms with Crippen molar-refractivity contribution in [1.29, 1.82) is 0 Å². The molecular weight excluding hydrogens is 560 g/mol. The van der Waals surface area contributed by atoms with Crippen LogP contribution < -0.4 is 9.64 Å². The van der Waals surface area contributed by atoms with Gasteiger partial charge >= 0.3 is 12.0 Å². The molecule has 0 radical (unpaired) electrons. The molecule has 10 heteroatoms. The quantitative estimate of drug-likeness (QED) is 0.424. The van der Waals surface area contributed by atoms with Gasteiger partial charge in [0.25, 0.3) is 0 Å². The Bertz CT molecular complexity index is 1010. The summed E-state index contributed by atoms with van der Waals surface area (Å²) in [5, 5.41) is 29.2. The summed E-state index contributed by atoms with van der Waals surface area (Å²) in [5.41, 5.74) is 1.13. The second-order valence-electron chi connectivity index (χ2n) is 8.20. The number of piperidine rings is 1. The van der Waals surface area contributed by atoms with E-state index >= 15 is 0 Å². The third-order valence-corrected chi connectivity index (χ3v) is 6.57. The highest BCUT2D eigenvalue weighted by Crippen LogP contribution is 2.41. The molecule has 0 aliphatic carbocycles. The van der Waals surface area contributed by atoms with Crippen LogP contribution in [-0.4, -0.2) is 58.0 Å². The molecule has 2 aromatic rings. The molecule has 0 bridgehead atoms. The van der Waals surface area contributed by atoms with Gasteiger partial charge in [-0.25, -0.2) is 4.79 Å². The van der Waals surface area contributed by atoms with Crippen LogP contribution in [0.2, 0.25) is 0 Å². The molecule has 178 valence electrons. The number of aliphatic hydroxyl groups excluding tert-OH is 1. The molecule has 0 aromatic heterocycles. The lowest BCUT2D eigenvalue weighted by atomic mass is 10.0. The predicted molar refractivity (Wildman–Crippen MR) is 131 cm³/mol. The highest BCUT2D eigenvalue weighted by molar-refractivity contribution is 9.11. The van der Waals surface area contributed by atoms with Crippen LogP contribution in [0.1, 0.15) is 38.2 Å². The minimum absolute atomic E-state index is 0.106. The first kappa shape index (κ1) is 25.3. The van der Waals surface area contributed by atoms with Gasteiger partial charge in [0.15, 0.2) is 5.75 Å². The van der Waals surface area contributed by atoms with E-state index in [9.17, 15) is 24.9 Å². The molecular formula is C23H26Br2N2O6. The molecule has 0 saturated carbocycles. The summed E-state index contributed by atoms with van der Waals surface area (Å²) < 4.78 is 7.06. The molecule has 1 aliphatic heterocycles. The second kappa shape index (κ2) is 10.8. The average Bonchev–Trinajstić information content (AvgIpc) is 2.75. The molecule has 0 unspecified atom stereocenters. The fourth-order valence-electron chi connectivity index (χ4n) is 3.61. The molecule has 2 amide bonds. The van der Waals surface area contributed by atoms with E-state index in [1.54, 1.807) is 35.2 Å². The van der Waals surface area contributed by atoms with E-state index in [-0.39, 0.29) is 11.7 Å². The van der Waals surface area contributed by atoms with Gasteiger partial charge < -0.3 is 25.0 Å². The van der Waals surface area contributed by atoms with Crippen LogP contribution in [0.4, 0.5) is 10.5 Å². The highest BCUT2D eigenvalue weighted by Gasteiger charge is 2.29. The third-order valence-electron chi connectivity index (χ3n) is 5.39. The largest absolute Gasteiger partial charge is 0.508 e. The SMILES string of the molecule is CC(C)c1cc(Oc2c(Br)cc(N(CC(=O)O)C(=O)N3CCC(O)CC3)cc2Br)ccc1O. The van der Waals surface area contributed by atoms with Crippen molar-refractivity contribution in [2.24, 2.45) is 0 Å². The van der Waals surface area contributed by atoms with E-state index in [1.165, 1.54) is 4.90 Å². The number of rotatable bonds is 6. The molecule has 3 N–H and O–H groups in total. The molecule has 8 nitrogen and oxygen atoms in total. The zero-order valence-electron chi connectivity index (χ0n) is 18.3. The summed E-state index contributed by atoms with van der Waals surface area (Å²) in [5.74, 6) is 0.130. The Morgan fingerprint density at radius 1 is 1.15 bits per heavy atom. The molecule has 1 heterocycles. The first-order chi connectivity index (χ1) is 15.6. The smallest absolute Gasteiger partial charge is 0.325 e. The zero-order valence-corrected chi connectivity index (χ0v) is 21.5. The number of aromatic hydroxyl groups is 1. The lowest BCUT2D eigenvalue weighted by Gasteiger charge is -2.34. The number of carbonyl (C=O) groups excluding carboxylic acids is 1. The van der Waals surface area contributed by atoms with Crippen LogP contribution >= 0.6 is 31.9 Å². The number of phenolic OH excluding ortho intramolecular Hbond substituents is 1. The normalized spacial score (nSPS) is 14.4. The number of hydrogen-bond acceptors (Lipinski definition) is 5. The molecule has 3 rings (SSSR count). The van der Waals surface area contributed by atoms with Gasteiger partial charge in [-0.1, -0.05) is 13.8 Å². The first-order valence-corrected chi connectivity index (χ1v) is 12.1. The van der Waals surface area contributed by atoms with Gasteiger partial charge in [-0.15, -0.1) is 0 Å². The number of benzene rings is 2. The summed E-state index contributed by atoms with van der Waals surface area (Å²) in [6.07, 6.45) is 0.466. The van der Waals surface area contributed by atoms with E-state index < -0.39 is 24.6 Å². The number of ether oxygens (including phenoxy) is 1. The van der Waals surface area contributed by atoms with Crippen LogP contribution in [-0.2, 0) is 4.79 Å². The van der Waals surface area contributed by atoms with Crippen LogP contribution in [0, 0.1) is 0 Å². The Kier molecular flexibility index (Phi) is 8.25. The summed E-state index contributed by atoms with van der Waals surface area (Å²) in [6.45, 7) is 4.15. The average molecular weight is 586 g/mol. The number of carboxylic acid groups (broad SMARTS) is 1. The van der Waals surface area contributed by atoms with Crippen LogP contribution in [0.5, 0.6) is 17.2 Å². The summed E-state index contributed by atoms with van der Waals surface area (Å²) in [6, 6.07) is 7.81. The van der Waals surface area contributed by atoms with Crippen molar-refractivity contribution in [2.45, 2.75) is 38.7 Å². The third kappa shape index (κ3) is 6.18. The Hall–Kier alpha value is -2.30. The number of nitrogens with zero attached hydrogens (tertiary/aromatic N) is 2. The van der Waals surface area contributed by atoms with Crippen molar-refractivity contribution in [3.05, 3.63) is 44.8 Å². The number of aliphatic carboxylic acids is 1. The summed E-state index contributed by atoms with van der Waals surface area (Å²) in [7, 11) is 0. The number of urea groups is 1. The molecule has 0 spiro atoms. The van der Waals surface area contributed by atoms with Crippen LogP contribution in [0.25, 0.3) is 0 Å². The summed E-state index contributed by atoms with van der Waals surface area (Å²) >= 11 is 6.94. The molecule has 1 saturated heterocycles. The predicted octanol–water partition coefficient (Wildman–Crippen LogP) is 5.30. The Morgan fingerprint density at radius 3 is 2.30 bits per heavy atom. The lowest BCUT2D eigenvalue weighted by molar-refractivity contribution is -0.135. The van der Waals surface area contributed by atoms with E-state index in [4.69, 9.17) is 4.74 Å². The minimum atomic E-state index is -1.14. The van der Waals surface area contributed by atoms with Gasteiger partial charge in [0.05, 0.1) is 15.0 Å². The first-order valence-electron chi connectivity index (χ1n) is 10.5. The van der Waals surface area contributed by atoms with Crippen molar-refractivity contribution >= 4 is 49.5 Å². The van der Waals surface area contributed by atoms with Gasteiger partial charge in [-0.2, -0.15) is 0 Å². The van der Waals surface area contributed by atoms with Crippen LogP contribution in [0.15, 0.2) is 39.3 Å². The number of carbonyl (C=O) groups is 2. The topological polar surface area (TPSA) is 111 Å². The number of aliphatic hydroxyl groups is 1. The number of likely N-dealkylation sites (tertiary alicyclic amines) is 1. The maximum absolute atomic E-state index is 13.1. The molecule has 1 aliphatic rings. The van der Waals surface area contributed by atoms with E-state index in [0.29, 0.717) is 52.1 Å². The van der Waals surface area contributed by atoms with Crippen molar-refractivity contribution in [1.82, 2.24) is 4.90 Å². The monoisotopic (exact) mass is 584 g/mol. The van der Waals surface area contributed by atoms with Crippen molar-refractivity contribution < 1.29 is 29.6 Å². The fraction of sp³-hybridized carbons (Fsp3) is 0.391. The van der Waals surface area contributed by atoms with Crippen molar-refractivity contribution in [2.75, 3.05) is 24.5 Å². The molecule has 0 atom stereocenters. The van der Waals surface area contributed by atoms with Gasteiger partial charge in [-0.3, -0.25) is 9.69 Å². The number of amides is 2.